The molecular weight excluding hydrogens is 392 g/mol. The van der Waals surface area contributed by atoms with Gasteiger partial charge in [0.25, 0.3) is 0 Å². The summed E-state index contributed by atoms with van der Waals surface area (Å²) in [7, 11) is -3.19. The SMILES string of the molecule is CC(C)=CCC/C(C)=C/CO.CC(C)=CCC/C(C)=C/CS(=O)(=O)c1ccccc1. The predicted molar refractivity (Wildman–Crippen MR) is 130 cm³/mol. The van der Waals surface area contributed by atoms with Gasteiger partial charge in [0.1, 0.15) is 0 Å². The Hall–Kier alpha value is -1.91. The molecule has 0 aliphatic carbocycles. The van der Waals surface area contributed by atoms with Crippen molar-refractivity contribution in [1.29, 1.82) is 0 Å². The molecule has 0 aliphatic heterocycles. The van der Waals surface area contributed by atoms with Gasteiger partial charge in [0.05, 0.1) is 17.3 Å². The molecule has 0 bridgehead atoms. The molecular formula is C26H40O3S. The first-order valence-electron chi connectivity index (χ1n) is 10.5. The van der Waals surface area contributed by atoms with Gasteiger partial charge >= 0.3 is 0 Å². The van der Waals surface area contributed by atoms with Crippen LogP contribution in [0.2, 0.25) is 0 Å². The van der Waals surface area contributed by atoms with Crippen molar-refractivity contribution in [2.45, 2.75) is 72.1 Å². The third-order valence-corrected chi connectivity index (χ3v) is 5.97. The molecule has 0 radical (unpaired) electrons. The van der Waals surface area contributed by atoms with Gasteiger partial charge in [0.2, 0.25) is 0 Å². The number of hydrogen-bond acceptors (Lipinski definition) is 3. The second-order valence-electron chi connectivity index (χ2n) is 8.02. The lowest BCUT2D eigenvalue weighted by atomic mass is 10.1. The molecule has 4 heteroatoms. The molecule has 1 aromatic rings. The van der Waals surface area contributed by atoms with Crippen LogP contribution in [0.1, 0.15) is 67.2 Å². The molecule has 1 aromatic carbocycles. The molecule has 1 rings (SSSR count). The highest BCUT2D eigenvalue weighted by Crippen LogP contribution is 2.13. The molecule has 0 saturated heterocycles. The van der Waals surface area contributed by atoms with Crippen molar-refractivity contribution in [3.05, 3.63) is 76.9 Å². The van der Waals surface area contributed by atoms with Gasteiger partial charge in [-0.05, 0) is 79.4 Å². The first kappa shape index (κ1) is 28.1. The largest absolute Gasteiger partial charge is 0.392 e. The van der Waals surface area contributed by atoms with Crippen molar-refractivity contribution in [1.82, 2.24) is 0 Å². The lowest BCUT2D eigenvalue weighted by molar-refractivity contribution is 0.341. The smallest absolute Gasteiger partial charge is 0.181 e. The van der Waals surface area contributed by atoms with Crippen molar-refractivity contribution in [3.63, 3.8) is 0 Å². The Labute approximate surface area is 184 Å². The number of aliphatic hydroxyl groups excluding tert-OH is 1. The van der Waals surface area contributed by atoms with Crippen LogP contribution in [0.3, 0.4) is 0 Å². The zero-order valence-electron chi connectivity index (χ0n) is 19.6. The van der Waals surface area contributed by atoms with Crippen molar-refractivity contribution < 1.29 is 13.5 Å². The number of allylic oxidation sites excluding steroid dienone is 6. The summed E-state index contributed by atoms with van der Waals surface area (Å²) in [5.74, 6) is 0.0810. The molecule has 0 fully saturated rings. The van der Waals surface area contributed by atoms with Gasteiger partial charge in [-0.2, -0.15) is 0 Å². The van der Waals surface area contributed by atoms with Crippen molar-refractivity contribution >= 4 is 9.84 Å². The number of hydrogen-bond donors (Lipinski definition) is 1. The Morgan fingerprint density at radius 2 is 1.23 bits per heavy atom. The van der Waals surface area contributed by atoms with Crippen LogP contribution < -0.4 is 0 Å². The molecule has 3 nitrogen and oxygen atoms in total. The van der Waals surface area contributed by atoms with Crippen LogP contribution >= 0.6 is 0 Å². The number of aliphatic hydroxyl groups is 1. The maximum absolute atomic E-state index is 12.1. The van der Waals surface area contributed by atoms with Crippen LogP contribution in [0.4, 0.5) is 0 Å². The molecule has 0 amide bonds. The Bertz CT molecular complexity index is 818. The maximum atomic E-state index is 12.1. The highest BCUT2D eigenvalue weighted by Gasteiger charge is 2.11. The second kappa shape index (κ2) is 15.9. The predicted octanol–water partition coefficient (Wildman–Crippen LogP) is 6.82. The zero-order chi connectivity index (χ0) is 23.0. The van der Waals surface area contributed by atoms with Crippen LogP contribution in [0.15, 0.2) is 81.8 Å². The van der Waals surface area contributed by atoms with Crippen molar-refractivity contribution in [2.75, 3.05) is 12.4 Å². The summed E-state index contributed by atoms with van der Waals surface area (Å²) in [6.07, 6.45) is 12.1. The molecule has 0 spiro atoms. The van der Waals surface area contributed by atoms with Gasteiger partial charge in [0.15, 0.2) is 9.84 Å². The Morgan fingerprint density at radius 3 is 1.67 bits per heavy atom. The fourth-order valence-electron chi connectivity index (χ4n) is 2.51. The highest BCUT2D eigenvalue weighted by atomic mass is 32.2. The van der Waals surface area contributed by atoms with Crippen LogP contribution in [0.25, 0.3) is 0 Å². The summed E-state index contributed by atoms with van der Waals surface area (Å²) in [4.78, 5) is 0.392. The topological polar surface area (TPSA) is 54.4 Å². The number of benzene rings is 1. The van der Waals surface area contributed by atoms with E-state index in [4.69, 9.17) is 5.11 Å². The van der Waals surface area contributed by atoms with Crippen LogP contribution in [-0.4, -0.2) is 25.9 Å². The van der Waals surface area contributed by atoms with Gasteiger partial charge in [0, 0.05) is 0 Å². The van der Waals surface area contributed by atoms with Gasteiger partial charge in [-0.3, -0.25) is 0 Å². The summed E-state index contributed by atoms with van der Waals surface area (Å²) in [6.45, 7) is 12.5. The molecule has 0 aliphatic rings. The molecule has 0 atom stereocenters. The molecule has 0 unspecified atom stereocenters. The van der Waals surface area contributed by atoms with Crippen LogP contribution in [-0.2, 0) is 9.84 Å². The average molecular weight is 433 g/mol. The standard InChI is InChI=1S/C16H22O2S.C10H18O/c1-14(2)8-7-9-15(3)12-13-19(17,18)16-10-5-4-6-11-16;1-9(2)5-4-6-10(3)7-8-11/h4-6,8,10-12H,7,9,13H2,1-3H3;5,7,11H,4,6,8H2,1-3H3/b15-12+;10-7+. The van der Waals surface area contributed by atoms with E-state index < -0.39 is 9.84 Å². The molecule has 30 heavy (non-hydrogen) atoms. The van der Waals surface area contributed by atoms with Gasteiger partial charge in [-0.1, -0.05) is 64.8 Å². The first-order chi connectivity index (χ1) is 14.1. The van der Waals surface area contributed by atoms with Gasteiger partial charge in [-0.25, -0.2) is 8.42 Å². The minimum absolute atomic E-state index is 0.0810. The third-order valence-electron chi connectivity index (χ3n) is 4.38. The van der Waals surface area contributed by atoms with Crippen molar-refractivity contribution in [2.24, 2.45) is 0 Å². The van der Waals surface area contributed by atoms with E-state index in [0.29, 0.717) is 4.90 Å². The Balaban J connectivity index is 0.000000654. The van der Waals surface area contributed by atoms with Crippen LogP contribution in [0.5, 0.6) is 0 Å². The fourth-order valence-corrected chi connectivity index (χ4v) is 3.78. The normalized spacial score (nSPS) is 12.0. The van der Waals surface area contributed by atoms with E-state index in [1.807, 2.05) is 25.1 Å². The van der Waals surface area contributed by atoms with E-state index in [1.54, 1.807) is 24.3 Å². The summed E-state index contributed by atoms with van der Waals surface area (Å²) < 4.78 is 24.1. The molecule has 0 saturated carbocycles. The summed E-state index contributed by atoms with van der Waals surface area (Å²) in [5, 5.41) is 8.55. The van der Waals surface area contributed by atoms with Crippen LogP contribution in [0, 0.1) is 0 Å². The minimum atomic E-state index is -3.19. The third kappa shape index (κ3) is 15.0. The van der Waals surface area contributed by atoms with E-state index in [1.165, 1.54) is 16.7 Å². The molecule has 168 valence electrons. The monoisotopic (exact) mass is 432 g/mol. The second-order valence-corrected chi connectivity index (χ2v) is 10.1. The Morgan fingerprint density at radius 1 is 0.767 bits per heavy atom. The summed E-state index contributed by atoms with van der Waals surface area (Å²) >= 11 is 0. The van der Waals surface area contributed by atoms with E-state index in [0.717, 1.165) is 31.3 Å². The molecule has 1 N–H and O–H groups in total. The molecule has 0 aromatic heterocycles. The fraction of sp³-hybridized carbons (Fsp3) is 0.462. The van der Waals surface area contributed by atoms with Gasteiger partial charge < -0.3 is 5.11 Å². The van der Waals surface area contributed by atoms with E-state index in [9.17, 15) is 8.42 Å². The highest BCUT2D eigenvalue weighted by molar-refractivity contribution is 7.91. The lowest BCUT2D eigenvalue weighted by Crippen LogP contribution is -2.04. The maximum Gasteiger partial charge on any atom is 0.181 e. The zero-order valence-corrected chi connectivity index (χ0v) is 20.4. The summed E-state index contributed by atoms with van der Waals surface area (Å²) in [6, 6.07) is 8.60. The average Bonchev–Trinajstić information content (AvgIpc) is 2.67. The quantitative estimate of drug-likeness (QED) is 0.412. The summed E-state index contributed by atoms with van der Waals surface area (Å²) in [5.41, 5.74) is 5.05. The van der Waals surface area contributed by atoms with E-state index in [2.05, 4.69) is 46.8 Å². The Kier molecular flexibility index (Phi) is 14.9. The van der Waals surface area contributed by atoms with E-state index >= 15 is 0 Å². The first-order valence-corrected chi connectivity index (χ1v) is 12.2. The van der Waals surface area contributed by atoms with E-state index in [-0.39, 0.29) is 12.4 Å². The minimum Gasteiger partial charge on any atom is -0.392 e. The lowest BCUT2D eigenvalue weighted by Gasteiger charge is -2.03. The van der Waals surface area contributed by atoms with Crippen molar-refractivity contribution in [3.8, 4) is 0 Å². The number of sulfone groups is 1. The van der Waals surface area contributed by atoms with Gasteiger partial charge in [-0.15, -0.1) is 0 Å². The number of rotatable bonds is 10. The molecule has 0 heterocycles.